The molecular weight excluding hydrogens is 306 g/mol. The van der Waals surface area contributed by atoms with Gasteiger partial charge in [0.2, 0.25) is 0 Å². The molecule has 1 aliphatic heterocycles. The average molecular weight is 333 g/mol. The Balaban J connectivity index is 2.34. The number of thioether (sulfide) groups is 1. The molecule has 0 amide bonds. The molecule has 1 aromatic rings. The Kier molecular flexibility index (Phi) is 6.88. The molecule has 0 spiro atoms. The van der Waals surface area contributed by atoms with Crippen molar-refractivity contribution < 1.29 is 9.53 Å². The maximum Gasteiger partial charge on any atom is 0.183 e. The SMILES string of the molecule is C/C=C/CC(CC)(C(=O)c1ccc(SC)cc1)N1CCOCC1. The summed E-state index contributed by atoms with van der Waals surface area (Å²) in [5.74, 6) is 0.229. The van der Waals surface area contributed by atoms with Crippen LogP contribution in [-0.4, -0.2) is 48.8 Å². The van der Waals surface area contributed by atoms with E-state index in [9.17, 15) is 4.79 Å². The lowest BCUT2D eigenvalue weighted by Crippen LogP contribution is -2.57. The minimum Gasteiger partial charge on any atom is -0.379 e. The minimum absolute atomic E-state index is 0.229. The molecule has 1 atom stereocenters. The van der Waals surface area contributed by atoms with Gasteiger partial charge in [0, 0.05) is 23.5 Å². The number of ether oxygens (including phenoxy) is 1. The Morgan fingerprint density at radius 3 is 2.48 bits per heavy atom. The lowest BCUT2D eigenvalue weighted by molar-refractivity contribution is -0.0154. The third-order valence-electron chi connectivity index (χ3n) is 4.67. The van der Waals surface area contributed by atoms with Gasteiger partial charge in [0.05, 0.1) is 18.8 Å². The molecule has 1 saturated heterocycles. The molecule has 0 aliphatic carbocycles. The number of allylic oxidation sites excluding steroid dienone is 1. The van der Waals surface area contributed by atoms with Crippen molar-refractivity contribution in [3.05, 3.63) is 42.0 Å². The van der Waals surface area contributed by atoms with E-state index in [2.05, 4.69) is 17.9 Å². The molecule has 1 aromatic carbocycles. The van der Waals surface area contributed by atoms with Crippen LogP contribution in [0.15, 0.2) is 41.3 Å². The lowest BCUT2D eigenvalue weighted by Gasteiger charge is -2.44. The summed E-state index contributed by atoms with van der Waals surface area (Å²) in [6, 6.07) is 8.00. The van der Waals surface area contributed by atoms with Gasteiger partial charge in [0.1, 0.15) is 0 Å². The largest absolute Gasteiger partial charge is 0.379 e. The predicted molar refractivity (Wildman–Crippen MR) is 97.4 cm³/mol. The molecule has 1 heterocycles. The van der Waals surface area contributed by atoms with E-state index in [0.717, 1.165) is 31.5 Å². The monoisotopic (exact) mass is 333 g/mol. The molecule has 23 heavy (non-hydrogen) atoms. The van der Waals surface area contributed by atoms with Gasteiger partial charge in [-0.25, -0.2) is 0 Å². The van der Waals surface area contributed by atoms with Gasteiger partial charge in [0.15, 0.2) is 5.78 Å². The molecule has 4 heteroatoms. The summed E-state index contributed by atoms with van der Waals surface area (Å²) in [5, 5.41) is 0. The van der Waals surface area contributed by atoms with Crippen LogP contribution in [0.5, 0.6) is 0 Å². The van der Waals surface area contributed by atoms with Crippen molar-refractivity contribution >= 4 is 17.5 Å². The Morgan fingerprint density at radius 1 is 1.30 bits per heavy atom. The molecule has 0 N–H and O–H groups in total. The van der Waals surface area contributed by atoms with Gasteiger partial charge in [-0.15, -0.1) is 11.8 Å². The van der Waals surface area contributed by atoms with E-state index in [-0.39, 0.29) is 5.78 Å². The van der Waals surface area contributed by atoms with Gasteiger partial charge >= 0.3 is 0 Å². The molecule has 0 aromatic heterocycles. The Labute approximate surface area is 144 Å². The van der Waals surface area contributed by atoms with Gasteiger partial charge in [-0.1, -0.05) is 31.2 Å². The van der Waals surface area contributed by atoms with E-state index in [4.69, 9.17) is 4.74 Å². The summed E-state index contributed by atoms with van der Waals surface area (Å²) >= 11 is 1.69. The maximum atomic E-state index is 13.4. The van der Waals surface area contributed by atoms with E-state index in [1.54, 1.807) is 11.8 Å². The molecule has 3 nitrogen and oxygen atoms in total. The molecule has 1 unspecified atom stereocenters. The normalized spacial score (nSPS) is 18.9. The number of ketones is 1. The van der Waals surface area contributed by atoms with Crippen LogP contribution >= 0.6 is 11.8 Å². The number of benzene rings is 1. The highest BCUT2D eigenvalue weighted by molar-refractivity contribution is 7.98. The van der Waals surface area contributed by atoms with Crippen LogP contribution in [0.2, 0.25) is 0 Å². The summed E-state index contributed by atoms with van der Waals surface area (Å²) < 4.78 is 5.49. The third kappa shape index (κ3) is 4.06. The first-order chi connectivity index (χ1) is 11.2. The highest BCUT2D eigenvalue weighted by Crippen LogP contribution is 2.31. The number of Topliss-reactive ketones (excluding diaryl/α,β-unsaturated/α-hetero) is 1. The molecule has 0 radical (unpaired) electrons. The fraction of sp³-hybridized carbons (Fsp3) is 0.526. The Hall–Kier alpha value is -1.10. The summed E-state index contributed by atoms with van der Waals surface area (Å²) in [6.45, 7) is 7.18. The van der Waals surface area contributed by atoms with Gasteiger partial charge in [0.25, 0.3) is 0 Å². The van der Waals surface area contributed by atoms with Crippen molar-refractivity contribution in [2.45, 2.75) is 37.1 Å². The first-order valence-electron chi connectivity index (χ1n) is 8.30. The molecule has 0 saturated carbocycles. The van der Waals surface area contributed by atoms with Crippen LogP contribution in [-0.2, 0) is 4.74 Å². The number of carbonyl (C=O) groups excluding carboxylic acids is 1. The quantitative estimate of drug-likeness (QED) is 0.428. The van der Waals surface area contributed by atoms with Gasteiger partial charge in [-0.05, 0) is 38.2 Å². The van der Waals surface area contributed by atoms with Crippen LogP contribution in [0.3, 0.4) is 0 Å². The van der Waals surface area contributed by atoms with Gasteiger partial charge in [-0.3, -0.25) is 9.69 Å². The number of rotatable bonds is 7. The maximum absolute atomic E-state index is 13.4. The standard InChI is InChI=1S/C19H27NO2S/c1-4-6-11-19(5-2,20-12-14-22-15-13-20)18(21)16-7-9-17(23-3)10-8-16/h4,6-10H,5,11-15H2,1-3H3/b6-4+. The summed E-state index contributed by atoms with van der Waals surface area (Å²) in [6.07, 6.45) is 7.76. The fourth-order valence-electron chi connectivity index (χ4n) is 3.21. The van der Waals surface area contributed by atoms with Crippen molar-refractivity contribution in [2.24, 2.45) is 0 Å². The van der Waals surface area contributed by atoms with Crippen LogP contribution in [0.1, 0.15) is 37.0 Å². The first kappa shape index (κ1) is 18.2. The molecule has 1 fully saturated rings. The number of carbonyl (C=O) groups is 1. The highest BCUT2D eigenvalue weighted by Gasteiger charge is 2.42. The molecule has 1 aliphatic rings. The zero-order valence-corrected chi connectivity index (χ0v) is 15.2. The summed E-state index contributed by atoms with van der Waals surface area (Å²) in [7, 11) is 0. The van der Waals surface area contributed by atoms with E-state index >= 15 is 0 Å². The average Bonchev–Trinajstić information content (AvgIpc) is 2.63. The van der Waals surface area contributed by atoms with Crippen molar-refractivity contribution in [1.29, 1.82) is 0 Å². The number of morpholine rings is 1. The fourth-order valence-corrected chi connectivity index (χ4v) is 3.62. The van der Waals surface area contributed by atoms with Crippen molar-refractivity contribution in [3.63, 3.8) is 0 Å². The van der Waals surface area contributed by atoms with Crippen LogP contribution in [0, 0.1) is 0 Å². The van der Waals surface area contributed by atoms with Gasteiger partial charge < -0.3 is 4.74 Å². The molecule has 126 valence electrons. The zero-order chi connectivity index (χ0) is 16.7. The molecule has 2 rings (SSSR count). The zero-order valence-electron chi connectivity index (χ0n) is 14.4. The molecular formula is C19H27NO2S. The highest BCUT2D eigenvalue weighted by atomic mass is 32.2. The van der Waals surface area contributed by atoms with E-state index in [1.165, 1.54) is 4.90 Å². The Morgan fingerprint density at radius 2 is 1.96 bits per heavy atom. The summed E-state index contributed by atoms with van der Waals surface area (Å²) in [4.78, 5) is 16.9. The number of hydrogen-bond acceptors (Lipinski definition) is 4. The lowest BCUT2D eigenvalue weighted by atomic mass is 9.81. The van der Waals surface area contributed by atoms with E-state index in [1.807, 2.05) is 43.5 Å². The second-order valence-corrected chi connectivity index (χ2v) is 6.69. The molecule has 0 bridgehead atoms. The smallest absolute Gasteiger partial charge is 0.183 e. The van der Waals surface area contributed by atoms with Crippen LogP contribution in [0.25, 0.3) is 0 Å². The van der Waals surface area contributed by atoms with Crippen molar-refractivity contribution in [2.75, 3.05) is 32.6 Å². The van der Waals surface area contributed by atoms with Crippen LogP contribution in [0.4, 0.5) is 0 Å². The van der Waals surface area contributed by atoms with Crippen molar-refractivity contribution in [3.8, 4) is 0 Å². The Bertz CT molecular complexity index is 535. The van der Waals surface area contributed by atoms with E-state index in [0.29, 0.717) is 13.2 Å². The van der Waals surface area contributed by atoms with Crippen molar-refractivity contribution in [1.82, 2.24) is 4.90 Å². The second-order valence-electron chi connectivity index (χ2n) is 5.82. The predicted octanol–water partition coefficient (Wildman–Crippen LogP) is 4.04. The minimum atomic E-state index is -0.461. The first-order valence-corrected chi connectivity index (χ1v) is 9.53. The topological polar surface area (TPSA) is 29.5 Å². The number of hydrogen-bond donors (Lipinski definition) is 0. The van der Waals surface area contributed by atoms with E-state index < -0.39 is 5.54 Å². The summed E-state index contributed by atoms with van der Waals surface area (Å²) in [5.41, 5.74) is 0.345. The van der Waals surface area contributed by atoms with Gasteiger partial charge in [-0.2, -0.15) is 0 Å². The van der Waals surface area contributed by atoms with Crippen LogP contribution < -0.4 is 0 Å². The number of nitrogens with zero attached hydrogens (tertiary/aromatic N) is 1. The third-order valence-corrected chi connectivity index (χ3v) is 5.41. The second kappa shape index (κ2) is 8.67.